The Morgan fingerprint density at radius 2 is 1.58 bits per heavy atom. The second-order valence-corrected chi connectivity index (χ2v) is 14.5. The number of likely N-dealkylation sites (tertiary alicyclic amines) is 1. The maximum atomic E-state index is 13.7. The predicted octanol–water partition coefficient (Wildman–Crippen LogP) is 7.29. The van der Waals surface area contributed by atoms with Gasteiger partial charge in [0.15, 0.2) is 0 Å². The first-order valence-corrected chi connectivity index (χ1v) is 18.5. The number of ether oxygens (including phenoxy) is 8. The van der Waals surface area contributed by atoms with Gasteiger partial charge in [0.2, 0.25) is 0 Å². The molecule has 1 aliphatic rings. The Morgan fingerprint density at radius 1 is 0.855 bits per heavy atom. The Labute approximate surface area is 323 Å². The molecule has 0 bridgehead atoms. The van der Waals surface area contributed by atoms with Crippen molar-refractivity contribution < 1.29 is 52.2 Å². The van der Waals surface area contributed by atoms with Gasteiger partial charge in [0, 0.05) is 30.4 Å². The first-order valence-electron chi connectivity index (χ1n) is 18.5. The molecular formula is C43H54FNO10. The van der Waals surface area contributed by atoms with E-state index in [0.29, 0.717) is 36.7 Å². The third kappa shape index (κ3) is 12.0. The van der Waals surface area contributed by atoms with Crippen LogP contribution in [0.2, 0.25) is 0 Å². The number of nitrogens with zero attached hydrogens (tertiary/aromatic N) is 1. The van der Waals surface area contributed by atoms with Crippen molar-refractivity contribution in [2.24, 2.45) is 0 Å². The highest BCUT2D eigenvalue weighted by Gasteiger charge is 2.42. The van der Waals surface area contributed by atoms with Gasteiger partial charge in [0.25, 0.3) is 0 Å². The van der Waals surface area contributed by atoms with E-state index in [2.05, 4.69) is 6.07 Å². The second-order valence-electron chi connectivity index (χ2n) is 14.5. The summed E-state index contributed by atoms with van der Waals surface area (Å²) in [5.74, 6) is 1.33. The van der Waals surface area contributed by atoms with Gasteiger partial charge in [-0.15, -0.1) is 0 Å². The molecular weight excluding hydrogens is 709 g/mol. The maximum absolute atomic E-state index is 13.7. The lowest BCUT2D eigenvalue weighted by atomic mass is 9.84. The molecule has 0 aromatic heterocycles. The molecule has 0 unspecified atom stereocenters. The van der Waals surface area contributed by atoms with Crippen molar-refractivity contribution in [3.05, 3.63) is 101 Å². The van der Waals surface area contributed by atoms with Crippen molar-refractivity contribution in [1.29, 1.82) is 0 Å². The molecule has 1 amide bonds. The molecule has 4 aromatic rings. The van der Waals surface area contributed by atoms with Crippen LogP contribution < -0.4 is 14.2 Å². The van der Waals surface area contributed by atoms with Gasteiger partial charge in [0.05, 0.1) is 79.2 Å². The zero-order chi connectivity index (χ0) is 39.4. The van der Waals surface area contributed by atoms with Crippen LogP contribution in [0.5, 0.6) is 17.2 Å². The summed E-state index contributed by atoms with van der Waals surface area (Å²) in [6.07, 6.45) is -1.77. The largest absolute Gasteiger partial charge is 0.496 e. The van der Waals surface area contributed by atoms with Gasteiger partial charge >= 0.3 is 6.09 Å². The Balaban J connectivity index is 1.32. The van der Waals surface area contributed by atoms with Crippen molar-refractivity contribution in [2.75, 3.05) is 60.8 Å². The molecule has 0 spiro atoms. The highest BCUT2D eigenvalue weighted by atomic mass is 19.1. The minimum absolute atomic E-state index is 0.00101. The van der Waals surface area contributed by atoms with E-state index in [0.717, 1.165) is 27.6 Å². The number of carbonyl (C=O) groups excluding carboxylic acids is 1. The number of aliphatic hydroxyl groups excluding tert-OH is 1. The average Bonchev–Trinajstić information content (AvgIpc) is 3.16. The predicted molar refractivity (Wildman–Crippen MR) is 206 cm³/mol. The lowest BCUT2D eigenvalue weighted by Crippen LogP contribution is -2.55. The number of fused-ring (bicyclic) bond motifs is 1. The molecule has 0 saturated carbocycles. The lowest BCUT2D eigenvalue weighted by molar-refractivity contribution is -0.112. The van der Waals surface area contributed by atoms with Crippen LogP contribution in [0.4, 0.5) is 9.18 Å². The van der Waals surface area contributed by atoms with Crippen LogP contribution in [0.25, 0.3) is 10.8 Å². The van der Waals surface area contributed by atoms with Crippen LogP contribution in [0, 0.1) is 5.82 Å². The number of halogens is 1. The number of aliphatic hydroxyl groups is 1. The molecule has 1 fully saturated rings. The summed E-state index contributed by atoms with van der Waals surface area (Å²) in [5, 5.41) is 12.6. The summed E-state index contributed by atoms with van der Waals surface area (Å²) in [6, 6.07) is 24.2. The SMILES string of the molecule is COC[C@H](O)CO[C@@H]1CN(C(=O)OC(C)(C)C)C[C@H](OCc2cc(OC)c3ccccc3c2)[C@H]1c1ccc(OCCCOCc2cc(F)ccc2OC)cc1. The Morgan fingerprint density at radius 3 is 2.29 bits per heavy atom. The highest BCUT2D eigenvalue weighted by Crippen LogP contribution is 2.36. The zero-order valence-corrected chi connectivity index (χ0v) is 32.6. The summed E-state index contributed by atoms with van der Waals surface area (Å²) in [4.78, 5) is 15.1. The number of hydrogen-bond acceptors (Lipinski definition) is 10. The van der Waals surface area contributed by atoms with E-state index in [1.165, 1.54) is 19.2 Å². The molecule has 5 rings (SSSR count). The third-order valence-electron chi connectivity index (χ3n) is 9.15. The molecule has 4 aromatic carbocycles. The van der Waals surface area contributed by atoms with Crippen LogP contribution in [0.1, 0.15) is 49.8 Å². The molecule has 1 N–H and O–H groups in total. The van der Waals surface area contributed by atoms with Crippen LogP contribution in [0.3, 0.4) is 0 Å². The number of carbonyl (C=O) groups is 1. The lowest BCUT2D eigenvalue weighted by Gasteiger charge is -2.44. The minimum Gasteiger partial charge on any atom is -0.496 e. The van der Waals surface area contributed by atoms with Gasteiger partial charge < -0.3 is 47.9 Å². The maximum Gasteiger partial charge on any atom is 0.410 e. The van der Waals surface area contributed by atoms with E-state index in [1.807, 2.05) is 75.4 Å². The Hall–Kier alpha value is -4.46. The van der Waals surface area contributed by atoms with Crippen LogP contribution in [-0.2, 0) is 36.9 Å². The normalized spacial score (nSPS) is 17.9. The summed E-state index contributed by atoms with van der Waals surface area (Å²) >= 11 is 0. The summed E-state index contributed by atoms with van der Waals surface area (Å²) in [6.45, 7) is 7.38. The average molecular weight is 764 g/mol. The molecule has 1 heterocycles. The molecule has 0 aliphatic carbocycles. The van der Waals surface area contributed by atoms with Gasteiger partial charge in [-0.05, 0) is 79.7 Å². The molecule has 298 valence electrons. The number of amides is 1. The van der Waals surface area contributed by atoms with Crippen molar-refractivity contribution in [3.63, 3.8) is 0 Å². The van der Waals surface area contributed by atoms with E-state index < -0.39 is 30.0 Å². The first kappa shape index (κ1) is 41.7. The number of hydrogen-bond donors (Lipinski definition) is 1. The number of methoxy groups -OCH3 is 3. The molecule has 55 heavy (non-hydrogen) atoms. The zero-order valence-electron chi connectivity index (χ0n) is 32.6. The van der Waals surface area contributed by atoms with Crippen LogP contribution in [-0.4, -0.2) is 101 Å². The molecule has 12 heteroatoms. The minimum atomic E-state index is -0.859. The fourth-order valence-corrected chi connectivity index (χ4v) is 6.64. The van der Waals surface area contributed by atoms with E-state index in [1.54, 1.807) is 25.2 Å². The fourth-order valence-electron chi connectivity index (χ4n) is 6.64. The summed E-state index contributed by atoms with van der Waals surface area (Å²) in [7, 11) is 4.71. The van der Waals surface area contributed by atoms with Crippen LogP contribution >= 0.6 is 0 Å². The first-order chi connectivity index (χ1) is 26.5. The number of rotatable bonds is 18. The molecule has 1 aliphatic heterocycles. The van der Waals surface area contributed by atoms with Crippen molar-refractivity contribution in [3.8, 4) is 17.2 Å². The molecule has 1 saturated heterocycles. The molecule has 4 atom stereocenters. The Kier molecular flexibility index (Phi) is 15.1. The number of piperidine rings is 1. The van der Waals surface area contributed by atoms with Gasteiger partial charge in [-0.1, -0.05) is 36.4 Å². The van der Waals surface area contributed by atoms with Crippen molar-refractivity contribution in [2.45, 2.75) is 70.2 Å². The number of benzene rings is 4. The smallest absolute Gasteiger partial charge is 0.410 e. The van der Waals surface area contributed by atoms with Gasteiger partial charge in [-0.25, -0.2) is 9.18 Å². The van der Waals surface area contributed by atoms with E-state index in [4.69, 9.17) is 37.9 Å². The van der Waals surface area contributed by atoms with Crippen molar-refractivity contribution in [1.82, 2.24) is 4.90 Å². The molecule has 11 nitrogen and oxygen atoms in total. The van der Waals surface area contributed by atoms with Gasteiger partial charge in [-0.2, -0.15) is 0 Å². The van der Waals surface area contributed by atoms with Crippen molar-refractivity contribution >= 4 is 16.9 Å². The topological polar surface area (TPSA) is 114 Å². The monoisotopic (exact) mass is 763 g/mol. The van der Waals surface area contributed by atoms with E-state index in [9.17, 15) is 14.3 Å². The fraction of sp³-hybridized carbons (Fsp3) is 0.465. The van der Waals surface area contributed by atoms with Gasteiger partial charge in [0.1, 0.15) is 34.8 Å². The molecule has 0 radical (unpaired) electrons. The quantitative estimate of drug-likeness (QED) is 0.104. The second kappa shape index (κ2) is 19.9. The van der Waals surface area contributed by atoms with E-state index >= 15 is 0 Å². The summed E-state index contributed by atoms with van der Waals surface area (Å²) in [5.41, 5.74) is 1.79. The Bertz CT molecular complexity index is 1810. The summed E-state index contributed by atoms with van der Waals surface area (Å²) < 4.78 is 60.5. The van der Waals surface area contributed by atoms with Crippen LogP contribution in [0.15, 0.2) is 78.9 Å². The van der Waals surface area contributed by atoms with Gasteiger partial charge in [-0.3, -0.25) is 0 Å². The van der Waals surface area contributed by atoms with E-state index in [-0.39, 0.29) is 51.3 Å². The standard InChI is InChI=1S/C43H54FNO10/c1-43(2,3)55-42(47)45-23-39(53-25-29-20-31-10-7-8-11-36(31)38(21-29)50-6)41(40(24-45)54-28-34(46)27-48-4)30-12-15-35(16-13-30)52-19-9-18-51-26-32-22-33(44)14-17-37(32)49-5/h7-8,10-17,20-22,34,39-41,46H,9,18-19,23-28H2,1-6H3/t34-,39-,40+,41+/m0/s1. The highest BCUT2D eigenvalue weighted by molar-refractivity contribution is 5.89. The third-order valence-corrected chi connectivity index (χ3v) is 9.15.